The molecule has 8 nitrogen and oxygen atoms in total. The van der Waals surface area contributed by atoms with Gasteiger partial charge < -0.3 is 40.1 Å². The number of ether oxygens (including phenoxy) is 2. The minimum absolute atomic E-state index is 0.124. The zero-order valence-corrected chi connectivity index (χ0v) is 14.3. The van der Waals surface area contributed by atoms with Crippen molar-refractivity contribution < 1.29 is 40.1 Å². The van der Waals surface area contributed by atoms with Crippen LogP contribution in [0.1, 0.15) is 11.1 Å². The molecule has 27 heavy (non-hydrogen) atoms. The highest BCUT2D eigenvalue weighted by atomic mass is 16.7. The summed E-state index contributed by atoms with van der Waals surface area (Å²) in [5.74, 6) is -0.632. The molecule has 3 rings (SSSR count). The Morgan fingerprint density at radius 1 is 0.889 bits per heavy atom. The number of aliphatic hydroxyl groups excluding tert-OH is 4. The predicted octanol–water partition coefficient (Wildman–Crippen LogP) is -0.133. The van der Waals surface area contributed by atoms with Crippen molar-refractivity contribution in [1.29, 1.82) is 0 Å². The van der Waals surface area contributed by atoms with Gasteiger partial charge in [0.05, 0.1) is 6.61 Å². The lowest BCUT2D eigenvalue weighted by molar-refractivity contribution is -0.277. The largest absolute Gasteiger partial charge is 0.504 e. The molecule has 146 valence electrons. The second-order valence-corrected chi connectivity index (χ2v) is 6.43. The summed E-state index contributed by atoms with van der Waals surface area (Å²) >= 11 is 0. The monoisotopic (exact) mass is 378 g/mol. The Labute approximate surface area is 155 Å². The minimum atomic E-state index is -1.58. The number of aliphatic hydroxyl groups is 4. The first-order valence-corrected chi connectivity index (χ1v) is 8.46. The topological polar surface area (TPSA) is 140 Å². The van der Waals surface area contributed by atoms with E-state index < -0.39 is 43.1 Å². The van der Waals surface area contributed by atoms with Crippen LogP contribution in [0.3, 0.4) is 0 Å². The fraction of sp³-hybridized carbons (Fsp3) is 0.368. The van der Waals surface area contributed by atoms with Crippen molar-refractivity contribution in [3.8, 4) is 17.2 Å². The van der Waals surface area contributed by atoms with Crippen molar-refractivity contribution in [1.82, 2.24) is 0 Å². The molecule has 5 atom stereocenters. The molecule has 1 fully saturated rings. The number of benzene rings is 2. The first-order valence-electron chi connectivity index (χ1n) is 8.46. The minimum Gasteiger partial charge on any atom is -0.504 e. The Bertz CT molecular complexity index is 764. The summed E-state index contributed by atoms with van der Waals surface area (Å²) in [4.78, 5) is 0. The molecular formula is C19H22O8. The quantitative estimate of drug-likeness (QED) is 0.395. The molecule has 2 aromatic rings. The maximum absolute atomic E-state index is 10.1. The smallest absolute Gasteiger partial charge is 0.229 e. The molecule has 0 bridgehead atoms. The van der Waals surface area contributed by atoms with Gasteiger partial charge in [0.2, 0.25) is 6.29 Å². The molecule has 0 aromatic heterocycles. The lowest BCUT2D eigenvalue weighted by Crippen LogP contribution is -2.60. The zero-order valence-electron chi connectivity index (χ0n) is 14.3. The number of hydrogen-bond donors (Lipinski definition) is 6. The van der Waals surface area contributed by atoms with Crippen LogP contribution < -0.4 is 4.74 Å². The van der Waals surface area contributed by atoms with Crippen LogP contribution in [0.15, 0.2) is 42.5 Å². The van der Waals surface area contributed by atoms with Gasteiger partial charge in [-0.2, -0.15) is 0 Å². The Morgan fingerprint density at radius 2 is 1.56 bits per heavy atom. The summed E-state index contributed by atoms with van der Waals surface area (Å²) in [7, 11) is 0. The predicted molar refractivity (Wildman–Crippen MR) is 93.4 cm³/mol. The second-order valence-electron chi connectivity index (χ2n) is 6.43. The highest BCUT2D eigenvalue weighted by Crippen LogP contribution is 2.36. The summed E-state index contributed by atoms with van der Waals surface area (Å²) in [6.45, 7) is -0.581. The molecule has 1 heterocycles. The Hall–Kier alpha value is -2.36. The van der Waals surface area contributed by atoms with Gasteiger partial charge in [-0.15, -0.1) is 0 Å². The van der Waals surface area contributed by atoms with E-state index in [2.05, 4.69) is 0 Å². The zero-order chi connectivity index (χ0) is 19.6. The molecule has 8 heteroatoms. The van der Waals surface area contributed by atoms with Crippen molar-refractivity contribution >= 4 is 0 Å². The average Bonchev–Trinajstić information content (AvgIpc) is 2.67. The number of rotatable bonds is 5. The highest BCUT2D eigenvalue weighted by molar-refractivity contribution is 5.50. The summed E-state index contributed by atoms with van der Waals surface area (Å²) in [6, 6.07) is 11.8. The van der Waals surface area contributed by atoms with Crippen LogP contribution in [-0.4, -0.2) is 68.0 Å². The number of phenolic OH excluding ortho intramolecular Hbond substituents is 2. The maximum Gasteiger partial charge on any atom is 0.229 e. The van der Waals surface area contributed by atoms with Crippen molar-refractivity contribution in [3.63, 3.8) is 0 Å². The number of hydrogen-bond acceptors (Lipinski definition) is 8. The van der Waals surface area contributed by atoms with Crippen molar-refractivity contribution in [2.24, 2.45) is 0 Å². The van der Waals surface area contributed by atoms with Crippen LogP contribution >= 0.6 is 0 Å². The third-order valence-corrected chi connectivity index (χ3v) is 4.49. The molecule has 0 spiro atoms. The fourth-order valence-corrected chi connectivity index (χ4v) is 2.95. The molecule has 6 N–H and O–H groups in total. The third-order valence-electron chi connectivity index (χ3n) is 4.49. The molecule has 0 radical (unpaired) electrons. The summed E-state index contributed by atoms with van der Waals surface area (Å²) in [6.07, 6.45) is -6.80. The van der Waals surface area contributed by atoms with Gasteiger partial charge in [0.15, 0.2) is 11.5 Å². The van der Waals surface area contributed by atoms with Crippen LogP contribution in [0, 0.1) is 0 Å². The molecule has 0 aliphatic carbocycles. The van der Waals surface area contributed by atoms with E-state index >= 15 is 0 Å². The summed E-state index contributed by atoms with van der Waals surface area (Å²) < 4.78 is 11.0. The van der Waals surface area contributed by atoms with Gasteiger partial charge in [0.1, 0.15) is 30.2 Å². The fourth-order valence-electron chi connectivity index (χ4n) is 2.95. The molecule has 0 amide bonds. The maximum atomic E-state index is 10.1. The molecule has 2 aromatic carbocycles. The van der Waals surface area contributed by atoms with E-state index in [1.54, 1.807) is 0 Å². The summed E-state index contributed by atoms with van der Waals surface area (Å²) in [5.41, 5.74) is 1.43. The Kier molecular flexibility index (Phi) is 5.83. The van der Waals surface area contributed by atoms with Crippen LogP contribution in [0.4, 0.5) is 0 Å². The molecule has 1 saturated heterocycles. The van der Waals surface area contributed by atoms with Crippen LogP contribution in [0.25, 0.3) is 0 Å². The lowest BCUT2D eigenvalue weighted by Gasteiger charge is -2.39. The van der Waals surface area contributed by atoms with E-state index in [1.807, 2.05) is 30.3 Å². The van der Waals surface area contributed by atoms with Gasteiger partial charge in [0.25, 0.3) is 0 Å². The first kappa shape index (κ1) is 19.4. The molecule has 1 aliphatic rings. The van der Waals surface area contributed by atoms with Crippen LogP contribution in [0.2, 0.25) is 0 Å². The second kappa shape index (κ2) is 8.12. The van der Waals surface area contributed by atoms with E-state index in [9.17, 15) is 30.6 Å². The van der Waals surface area contributed by atoms with Gasteiger partial charge >= 0.3 is 0 Å². The van der Waals surface area contributed by atoms with E-state index in [4.69, 9.17) is 9.47 Å². The van der Waals surface area contributed by atoms with E-state index in [-0.39, 0.29) is 11.5 Å². The average molecular weight is 378 g/mol. The summed E-state index contributed by atoms with van der Waals surface area (Å²) in [5, 5.41) is 58.8. The Morgan fingerprint density at radius 3 is 2.22 bits per heavy atom. The normalized spacial score (nSPS) is 28.1. The van der Waals surface area contributed by atoms with Crippen molar-refractivity contribution in [2.75, 3.05) is 6.61 Å². The van der Waals surface area contributed by atoms with Crippen molar-refractivity contribution in [2.45, 2.75) is 37.1 Å². The van der Waals surface area contributed by atoms with Gasteiger partial charge in [-0.3, -0.25) is 0 Å². The SMILES string of the molecule is OC[C@H]1O[C@@H](Oc2cc(O)c(O)cc2Cc2ccccc2)[C@H](O)[C@@H](O)[C@@H]1O. The number of phenols is 2. The van der Waals surface area contributed by atoms with Crippen molar-refractivity contribution in [3.05, 3.63) is 53.6 Å². The third kappa shape index (κ3) is 4.15. The van der Waals surface area contributed by atoms with E-state index in [0.29, 0.717) is 12.0 Å². The van der Waals surface area contributed by atoms with Gasteiger partial charge in [-0.05, 0) is 11.6 Å². The highest BCUT2D eigenvalue weighted by Gasteiger charge is 2.44. The first-order chi connectivity index (χ1) is 12.9. The molecule has 0 saturated carbocycles. The molecule has 1 aliphatic heterocycles. The molecule has 0 unspecified atom stereocenters. The van der Waals surface area contributed by atoms with Gasteiger partial charge in [-0.25, -0.2) is 0 Å². The Balaban J connectivity index is 1.88. The molecular weight excluding hydrogens is 356 g/mol. The standard InChI is InChI=1S/C19H22O8/c20-9-15-16(23)17(24)18(25)19(27-15)26-14-8-13(22)12(21)7-11(14)6-10-4-2-1-3-5-10/h1-5,7-8,15-25H,6,9H2/t15-,16-,17+,18-,19-/m1/s1. The van der Waals surface area contributed by atoms with E-state index in [0.717, 1.165) is 5.56 Å². The van der Waals surface area contributed by atoms with Crippen LogP contribution in [0.5, 0.6) is 17.2 Å². The van der Waals surface area contributed by atoms with E-state index in [1.165, 1.54) is 12.1 Å². The number of aromatic hydroxyl groups is 2. The lowest BCUT2D eigenvalue weighted by atomic mass is 9.99. The van der Waals surface area contributed by atoms with Gasteiger partial charge in [-0.1, -0.05) is 30.3 Å². The van der Waals surface area contributed by atoms with Crippen LogP contribution in [-0.2, 0) is 11.2 Å². The van der Waals surface area contributed by atoms with Gasteiger partial charge in [0, 0.05) is 18.1 Å².